The first-order chi connectivity index (χ1) is 9.72. The zero-order valence-electron chi connectivity index (χ0n) is 11.8. The van der Waals surface area contributed by atoms with Gasteiger partial charge in [-0.25, -0.2) is 0 Å². The van der Waals surface area contributed by atoms with Crippen molar-refractivity contribution in [2.24, 2.45) is 0 Å². The molecule has 0 atom stereocenters. The number of aromatic nitrogens is 2. The highest BCUT2D eigenvalue weighted by atomic mass is 16.7. The number of ether oxygens (including phenoxy) is 2. The Morgan fingerprint density at radius 2 is 2.05 bits per heavy atom. The van der Waals surface area contributed by atoms with E-state index < -0.39 is 0 Å². The first-order valence-corrected chi connectivity index (χ1v) is 6.85. The minimum atomic E-state index is 0.318. The van der Waals surface area contributed by atoms with Crippen LogP contribution in [0.5, 0.6) is 11.5 Å². The van der Waals surface area contributed by atoms with E-state index in [1.165, 1.54) is 5.56 Å². The minimum absolute atomic E-state index is 0.318. The lowest BCUT2D eigenvalue weighted by Gasteiger charge is -2.05. The molecule has 0 saturated carbocycles. The summed E-state index contributed by atoms with van der Waals surface area (Å²) in [6, 6.07) is 8.46. The number of hydrogen-bond donors (Lipinski definition) is 1. The van der Waals surface area contributed by atoms with Crippen LogP contribution in [0.1, 0.15) is 31.1 Å². The Morgan fingerprint density at radius 1 is 1.20 bits per heavy atom. The molecule has 0 amide bonds. The van der Waals surface area contributed by atoms with E-state index in [4.69, 9.17) is 9.47 Å². The molecule has 0 saturated heterocycles. The van der Waals surface area contributed by atoms with Gasteiger partial charge < -0.3 is 14.8 Å². The monoisotopic (exact) mass is 273 g/mol. The quantitative estimate of drug-likeness (QED) is 0.909. The fourth-order valence-electron chi connectivity index (χ4n) is 2.15. The van der Waals surface area contributed by atoms with Crippen molar-refractivity contribution in [3.63, 3.8) is 0 Å². The number of nitrogens with zero attached hydrogens (tertiary/aromatic N) is 2. The van der Waals surface area contributed by atoms with Crippen LogP contribution in [0.15, 0.2) is 30.5 Å². The molecule has 1 aliphatic rings. The van der Waals surface area contributed by atoms with Crippen molar-refractivity contribution in [2.45, 2.75) is 33.0 Å². The van der Waals surface area contributed by atoms with E-state index in [0.29, 0.717) is 12.8 Å². The molecule has 0 unspecified atom stereocenters. The molecule has 5 nitrogen and oxygen atoms in total. The maximum atomic E-state index is 5.37. The van der Waals surface area contributed by atoms with Gasteiger partial charge in [-0.15, -0.1) is 0 Å². The van der Waals surface area contributed by atoms with E-state index in [9.17, 15) is 0 Å². The summed E-state index contributed by atoms with van der Waals surface area (Å²) >= 11 is 0. The molecule has 0 aliphatic carbocycles. The molecular weight excluding hydrogens is 254 g/mol. The van der Waals surface area contributed by atoms with Gasteiger partial charge in [-0.1, -0.05) is 6.07 Å². The average molecular weight is 273 g/mol. The molecule has 1 N–H and O–H groups in total. The van der Waals surface area contributed by atoms with Gasteiger partial charge in [0.15, 0.2) is 11.5 Å². The van der Waals surface area contributed by atoms with Gasteiger partial charge in [0.1, 0.15) is 0 Å². The average Bonchev–Trinajstić information content (AvgIpc) is 3.06. The normalized spacial score (nSPS) is 13.2. The fourth-order valence-corrected chi connectivity index (χ4v) is 2.15. The molecular formula is C15H19N3O2. The Balaban J connectivity index is 1.54. The summed E-state index contributed by atoms with van der Waals surface area (Å²) in [5.74, 6) is 1.65. The zero-order chi connectivity index (χ0) is 13.9. The zero-order valence-corrected chi connectivity index (χ0v) is 11.8. The number of hydrogen-bond acceptors (Lipinski definition) is 4. The molecule has 0 spiro atoms. The van der Waals surface area contributed by atoms with Crippen molar-refractivity contribution < 1.29 is 9.47 Å². The van der Waals surface area contributed by atoms with E-state index in [-0.39, 0.29) is 0 Å². The van der Waals surface area contributed by atoms with Gasteiger partial charge in [-0.2, -0.15) is 5.10 Å². The lowest BCUT2D eigenvalue weighted by molar-refractivity contribution is 0.174. The molecule has 0 bridgehead atoms. The van der Waals surface area contributed by atoms with Gasteiger partial charge in [0, 0.05) is 25.3 Å². The summed E-state index contributed by atoms with van der Waals surface area (Å²) in [7, 11) is 0. The Hall–Kier alpha value is -2.01. The molecule has 2 heterocycles. The van der Waals surface area contributed by atoms with Crippen LogP contribution in [-0.4, -0.2) is 16.6 Å². The smallest absolute Gasteiger partial charge is 0.231 e. The summed E-state index contributed by atoms with van der Waals surface area (Å²) in [5.41, 5.74) is 2.23. The molecule has 0 radical (unpaired) electrons. The van der Waals surface area contributed by atoms with Crippen LogP contribution >= 0.6 is 0 Å². The maximum absolute atomic E-state index is 5.37. The second kappa shape index (κ2) is 5.54. The maximum Gasteiger partial charge on any atom is 0.231 e. The lowest BCUT2D eigenvalue weighted by Crippen LogP contribution is -2.13. The third-order valence-corrected chi connectivity index (χ3v) is 3.26. The van der Waals surface area contributed by atoms with E-state index in [2.05, 4.69) is 24.3 Å². The highest BCUT2D eigenvalue weighted by Gasteiger charge is 2.12. The molecule has 1 aliphatic heterocycles. The van der Waals surface area contributed by atoms with Crippen molar-refractivity contribution in [3.8, 4) is 11.5 Å². The summed E-state index contributed by atoms with van der Waals surface area (Å²) in [6.45, 7) is 6.10. The molecule has 106 valence electrons. The van der Waals surface area contributed by atoms with Gasteiger partial charge in [-0.05, 0) is 37.6 Å². The number of fused-ring (bicyclic) bond motifs is 1. The van der Waals surface area contributed by atoms with Gasteiger partial charge in [0.05, 0.1) is 5.69 Å². The van der Waals surface area contributed by atoms with Gasteiger partial charge in [0.2, 0.25) is 6.79 Å². The van der Waals surface area contributed by atoms with E-state index >= 15 is 0 Å². The number of nitrogens with one attached hydrogen (secondary N) is 1. The van der Waals surface area contributed by atoms with Crippen molar-refractivity contribution in [1.29, 1.82) is 0 Å². The predicted molar refractivity (Wildman–Crippen MR) is 75.7 cm³/mol. The summed E-state index contributed by atoms with van der Waals surface area (Å²) in [5, 5.41) is 7.90. The largest absolute Gasteiger partial charge is 0.454 e. The summed E-state index contributed by atoms with van der Waals surface area (Å²) < 4.78 is 12.6. The second-order valence-electron chi connectivity index (χ2n) is 5.17. The van der Waals surface area contributed by atoms with Crippen LogP contribution in [0, 0.1) is 0 Å². The van der Waals surface area contributed by atoms with Crippen LogP contribution < -0.4 is 14.8 Å². The van der Waals surface area contributed by atoms with Crippen molar-refractivity contribution in [1.82, 2.24) is 15.1 Å². The molecule has 20 heavy (non-hydrogen) atoms. The molecule has 2 aromatic rings. The third-order valence-electron chi connectivity index (χ3n) is 3.26. The van der Waals surface area contributed by atoms with Crippen molar-refractivity contribution in [3.05, 3.63) is 41.7 Å². The van der Waals surface area contributed by atoms with E-state index in [1.54, 1.807) is 0 Å². The molecule has 0 fully saturated rings. The molecule has 3 rings (SSSR count). The first kappa shape index (κ1) is 13.0. The lowest BCUT2D eigenvalue weighted by atomic mass is 10.2. The van der Waals surface area contributed by atoms with E-state index in [1.807, 2.05) is 35.1 Å². The molecule has 1 aromatic carbocycles. The van der Waals surface area contributed by atoms with Gasteiger partial charge in [0.25, 0.3) is 0 Å². The standard InChI is InChI=1S/C15H19N3O2/c1-11(2)18-6-5-13(17-18)9-16-8-12-3-4-14-15(7-12)20-10-19-14/h3-7,11,16H,8-10H2,1-2H3. The third kappa shape index (κ3) is 2.77. The first-order valence-electron chi connectivity index (χ1n) is 6.85. The molecule has 1 aromatic heterocycles. The SMILES string of the molecule is CC(C)n1ccc(CNCc2ccc3c(c2)OCO3)n1. The second-order valence-corrected chi connectivity index (χ2v) is 5.17. The molecule has 5 heteroatoms. The Kier molecular flexibility index (Phi) is 3.60. The number of rotatable bonds is 5. The van der Waals surface area contributed by atoms with E-state index in [0.717, 1.165) is 30.3 Å². The highest BCUT2D eigenvalue weighted by Crippen LogP contribution is 2.32. The van der Waals surface area contributed by atoms with Gasteiger partial charge in [-0.3, -0.25) is 4.68 Å². The van der Waals surface area contributed by atoms with Crippen LogP contribution in [0.3, 0.4) is 0 Å². The predicted octanol–water partition coefficient (Wildman–Crippen LogP) is 2.48. The fraction of sp³-hybridized carbons (Fsp3) is 0.400. The van der Waals surface area contributed by atoms with Crippen LogP contribution in [-0.2, 0) is 13.1 Å². The number of benzene rings is 1. The minimum Gasteiger partial charge on any atom is -0.454 e. The topological polar surface area (TPSA) is 48.3 Å². The Bertz CT molecular complexity index is 593. The van der Waals surface area contributed by atoms with Gasteiger partial charge >= 0.3 is 0 Å². The van der Waals surface area contributed by atoms with Crippen LogP contribution in [0.2, 0.25) is 0 Å². The summed E-state index contributed by atoms with van der Waals surface area (Å²) in [6.07, 6.45) is 2.02. The Morgan fingerprint density at radius 3 is 2.85 bits per heavy atom. The van der Waals surface area contributed by atoms with Crippen molar-refractivity contribution in [2.75, 3.05) is 6.79 Å². The Labute approximate surface area is 118 Å². The summed E-state index contributed by atoms with van der Waals surface area (Å²) in [4.78, 5) is 0. The van der Waals surface area contributed by atoms with Crippen LogP contribution in [0.25, 0.3) is 0 Å². The van der Waals surface area contributed by atoms with Crippen LogP contribution in [0.4, 0.5) is 0 Å². The van der Waals surface area contributed by atoms with Crippen molar-refractivity contribution >= 4 is 0 Å². The highest BCUT2D eigenvalue weighted by molar-refractivity contribution is 5.44.